The largest absolute Gasteiger partial charge is 0.453 e. The highest BCUT2D eigenvalue weighted by atomic mass is 32.2. The van der Waals surface area contributed by atoms with Gasteiger partial charge in [0, 0.05) is 29.6 Å². The summed E-state index contributed by atoms with van der Waals surface area (Å²) >= 11 is 2.32. The first-order valence-electron chi connectivity index (χ1n) is 11.0. The maximum absolute atomic E-state index is 13.2. The van der Waals surface area contributed by atoms with Crippen LogP contribution in [0.15, 0.2) is 38.2 Å². The van der Waals surface area contributed by atoms with Gasteiger partial charge in [0.15, 0.2) is 5.82 Å². The first-order valence-corrected chi connectivity index (χ1v) is 14.3. The highest BCUT2D eigenvalue weighted by Crippen LogP contribution is 2.41. The maximum Gasteiger partial charge on any atom is 0.453 e. The Morgan fingerprint density at radius 2 is 1.74 bits per heavy atom. The molecule has 2 heterocycles. The second-order valence-electron chi connectivity index (χ2n) is 8.28. The summed E-state index contributed by atoms with van der Waals surface area (Å²) in [5, 5.41) is 2.51. The second-order valence-corrected chi connectivity index (χ2v) is 12.5. The van der Waals surface area contributed by atoms with Crippen LogP contribution in [0.1, 0.15) is 36.8 Å². The SMILES string of the molecule is CC(=O)Nc1ccc(S(=O)(=O)Nc2nc(=O)n3c(C)c(C)sc(SCCCCC(F)(F)C(F)(F)F)c2-3)cc1. The zero-order valence-corrected chi connectivity index (χ0v) is 22.7. The Bertz CT molecular complexity index is 1450. The van der Waals surface area contributed by atoms with E-state index < -0.39 is 34.2 Å². The molecule has 1 amide bonds. The molecular formula is C22H23F5N4O4S3. The number of aryl methyl sites for hydroxylation is 1. The summed E-state index contributed by atoms with van der Waals surface area (Å²) in [5.74, 6) is -5.20. The number of halogens is 5. The van der Waals surface area contributed by atoms with Gasteiger partial charge < -0.3 is 5.32 Å². The van der Waals surface area contributed by atoms with Gasteiger partial charge in [0.1, 0.15) is 5.69 Å². The molecule has 0 fully saturated rings. The molecule has 0 atom stereocenters. The molecule has 0 aromatic heterocycles. The Balaban J connectivity index is 1.84. The van der Waals surface area contributed by atoms with Crippen molar-refractivity contribution in [2.75, 3.05) is 15.8 Å². The fraction of sp³-hybridized carbons (Fsp3) is 0.409. The molecule has 1 aromatic carbocycles. The number of thioether (sulfide) groups is 1. The minimum atomic E-state index is -5.61. The van der Waals surface area contributed by atoms with Crippen LogP contribution in [0.2, 0.25) is 0 Å². The van der Waals surface area contributed by atoms with E-state index in [1.807, 2.05) is 0 Å². The molecule has 208 valence electrons. The van der Waals surface area contributed by atoms with Gasteiger partial charge in [-0.1, -0.05) is 0 Å². The van der Waals surface area contributed by atoms with Crippen LogP contribution in [0.5, 0.6) is 0 Å². The Hall–Kier alpha value is -2.72. The van der Waals surface area contributed by atoms with Gasteiger partial charge in [-0.3, -0.25) is 14.1 Å². The fourth-order valence-corrected chi connectivity index (χ4v) is 6.88. The first-order chi connectivity index (χ1) is 17.5. The van der Waals surface area contributed by atoms with Crippen LogP contribution in [0.25, 0.3) is 5.69 Å². The molecule has 0 radical (unpaired) electrons. The van der Waals surface area contributed by atoms with Gasteiger partial charge in [0.05, 0.1) is 9.10 Å². The van der Waals surface area contributed by atoms with Crippen molar-refractivity contribution >= 4 is 50.5 Å². The molecular weight excluding hydrogens is 575 g/mol. The van der Waals surface area contributed by atoms with Crippen LogP contribution in [0.3, 0.4) is 0 Å². The van der Waals surface area contributed by atoms with Gasteiger partial charge in [-0.25, -0.2) is 13.2 Å². The highest BCUT2D eigenvalue weighted by Gasteiger charge is 2.56. The molecule has 0 unspecified atom stereocenters. The molecule has 2 aliphatic rings. The van der Waals surface area contributed by atoms with Crippen molar-refractivity contribution in [3.63, 3.8) is 0 Å². The van der Waals surface area contributed by atoms with Crippen molar-refractivity contribution in [3.8, 4) is 5.69 Å². The van der Waals surface area contributed by atoms with E-state index in [2.05, 4.69) is 15.0 Å². The predicted molar refractivity (Wildman–Crippen MR) is 136 cm³/mol. The molecule has 1 aromatic rings. The Labute approximate surface area is 223 Å². The number of carbonyl (C=O) groups is 1. The molecule has 38 heavy (non-hydrogen) atoms. The van der Waals surface area contributed by atoms with Crippen molar-refractivity contribution in [1.29, 1.82) is 0 Å². The van der Waals surface area contributed by atoms with Crippen LogP contribution in [0, 0.1) is 13.8 Å². The van der Waals surface area contributed by atoms with E-state index in [4.69, 9.17) is 0 Å². The number of hydrogen-bond acceptors (Lipinski definition) is 7. The van der Waals surface area contributed by atoms with Gasteiger partial charge in [-0.15, -0.1) is 23.1 Å². The molecule has 0 bridgehead atoms. The predicted octanol–water partition coefficient (Wildman–Crippen LogP) is 5.57. The van der Waals surface area contributed by atoms with Crippen LogP contribution < -0.4 is 15.7 Å². The number of imidazole rings is 1. The third-order valence-corrected chi connectivity index (χ3v) is 9.27. The van der Waals surface area contributed by atoms with Crippen molar-refractivity contribution < 1.29 is 35.2 Å². The Kier molecular flexibility index (Phi) is 8.77. The van der Waals surface area contributed by atoms with Crippen molar-refractivity contribution in [1.82, 2.24) is 9.55 Å². The zero-order chi connectivity index (χ0) is 28.5. The highest BCUT2D eigenvalue weighted by molar-refractivity contribution is 8.01. The van der Waals surface area contributed by atoms with E-state index in [1.165, 1.54) is 47.1 Å². The van der Waals surface area contributed by atoms with E-state index in [-0.39, 0.29) is 40.9 Å². The number of carbonyl (C=O) groups excluding carboxylic acids is 1. The van der Waals surface area contributed by atoms with Crippen molar-refractivity contribution in [3.05, 3.63) is 45.3 Å². The minimum Gasteiger partial charge on any atom is -0.326 e. The Morgan fingerprint density at radius 3 is 2.32 bits per heavy atom. The molecule has 8 nitrogen and oxygen atoms in total. The summed E-state index contributed by atoms with van der Waals surface area (Å²) in [6.07, 6.45) is -7.31. The summed E-state index contributed by atoms with van der Waals surface area (Å²) in [4.78, 5) is 28.2. The first kappa shape index (κ1) is 29.8. The number of aromatic nitrogens is 2. The summed E-state index contributed by atoms with van der Waals surface area (Å²) in [6, 6.07) is 5.29. The number of nitrogens with one attached hydrogen (secondary N) is 2. The lowest BCUT2D eigenvalue weighted by Gasteiger charge is -2.19. The number of benzene rings is 1. The smallest absolute Gasteiger partial charge is 0.326 e. The second kappa shape index (κ2) is 11.2. The summed E-state index contributed by atoms with van der Waals surface area (Å²) in [5.41, 5.74) is 0.318. The fourth-order valence-electron chi connectivity index (χ4n) is 3.35. The maximum atomic E-state index is 13.2. The summed E-state index contributed by atoms with van der Waals surface area (Å²) < 4.78 is 93.4. The van der Waals surface area contributed by atoms with Crippen LogP contribution in [-0.4, -0.2) is 41.7 Å². The van der Waals surface area contributed by atoms with Gasteiger partial charge in [-0.2, -0.15) is 26.9 Å². The molecule has 0 aliphatic carbocycles. The average Bonchev–Trinajstić information content (AvgIpc) is 3.11. The number of anilines is 2. The van der Waals surface area contributed by atoms with E-state index >= 15 is 0 Å². The number of fused-ring (bicyclic) bond motifs is 1. The van der Waals surface area contributed by atoms with Crippen molar-refractivity contribution in [2.45, 2.75) is 61.2 Å². The Morgan fingerprint density at radius 1 is 1.11 bits per heavy atom. The monoisotopic (exact) mass is 598 g/mol. The standard InChI is InChI=1S/C22H23F5N4O4S3/c1-12-13(2)37-19(36-11-5-4-10-21(23,24)22(25,26)27)17-18(29-20(33)31(12)17)30-38(34,35)16-8-6-15(7-9-16)28-14(3)32/h6-9H,4-5,10-11H2,1-3H3,(H,28,32)(H,29,30,33). The zero-order valence-electron chi connectivity index (χ0n) is 20.3. The molecule has 0 saturated carbocycles. The van der Waals surface area contributed by atoms with Gasteiger partial charge in [-0.05, 0) is 56.7 Å². The lowest BCUT2D eigenvalue weighted by atomic mass is 10.1. The number of hydrogen-bond donors (Lipinski definition) is 2. The van der Waals surface area contributed by atoms with Crippen LogP contribution >= 0.6 is 23.1 Å². The number of amides is 1. The van der Waals surface area contributed by atoms with E-state index in [1.54, 1.807) is 13.8 Å². The molecule has 3 rings (SSSR count). The van der Waals surface area contributed by atoms with Gasteiger partial charge >= 0.3 is 17.8 Å². The van der Waals surface area contributed by atoms with Crippen LogP contribution in [-0.2, 0) is 14.8 Å². The molecule has 16 heteroatoms. The average molecular weight is 599 g/mol. The van der Waals surface area contributed by atoms with E-state index in [0.29, 0.717) is 20.5 Å². The summed E-state index contributed by atoms with van der Waals surface area (Å²) in [6.45, 7) is 4.68. The lowest BCUT2D eigenvalue weighted by Crippen LogP contribution is -2.36. The number of unbranched alkanes of at least 4 members (excludes halogenated alkanes) is 1. The third-order valence-electron chi connectivity index (χ3n) is 5.38. The minimum absolute atomic E-state index is 0.0300. The topological polar surface area (TPSA) is 110 Å². The molecule has 0 spiro atoms. The molecule has 0 saturated heterocycles. The summed E-state index contributed by atoms with van der Waals surface area (Å²) in [7, 11) is -4.21. The van der Waals surface area contributed by atoms with Crippen molar-refractivity contribution in [2.24, 2.45) is 0 Å². The normalized spacial score (nSPS) is 12.6. The number of alkyl halides is 5. The lowest BCUT2D eigenvalue weighted by molar-refractivity contribution is -0.284. The number of rotatable bonds is 10. The third kappa shape index (κ3) is 6.64. The number of sulfonamides is 1. The van der Waals surface area contributed by atoms with Gasteiger partial charge in [0.2, 0.25) is 5.91 Å². The molecule has 2 N–H and O–H groups in total. The van der Waals surface area contributed by atoms with Crippen LogP contribution in [0.4, 0.5) is 33.5 Å². The van der Waals surface area contributed by atoms with E-state index in [9.17, 15) is 40.0 Å². The van der Waals surface area contributed by atoms with Gasteiger partial charge in [0.25, 0.3) is 10.0 Å². The quantitative estimate of drug-likeness (QED) is 0.180. The molecule has 2 aliphatic heterocycles. The number of nitrogens with zero attached hydrogens (tertiary/aromatic N) is 2. The van der Waals surface area contributed by atoms with E-state index in [0.717, 1.165) is 11.8 Å².